The minimum absolute atomic E-state index is 0.0333. The smallest absolute Gasteiger partial charge is 0.234 e. The number of benzene rings is 2. The van der Waals surface area contributed by atoms with Crippen LogP contribution in [0.1, 0.15) is 17.0 Å². The number of para-hydroxylation sites is 1. The molecule has 122 valence electrons. The third-order valence-corrected chi connectivity index (χ3v) is 4.68. The first-order chi connectivity index (χ1) is 11.5. The number of rotatable bonds is 4. The van der Waals surface area contributed by atoms with Crippen molar-refractivity contribution in [3.8, 4) is 0 Å². The molecule has 3 rings (SSSR count). The van der Waals surface area contributed by atoms with Crippen LogP contribution >= 0.6 is 11.8 Å². The van der Waals surface area contributed by atoms with Gasteiger partial charge in [-0.1, -0.05) is 42.1 Å². The third kappa shape index (κ3) is 3.74. The molecular formula is C19H19N3OS. The van der Waals surface area contributed by atoms with Gasteiger partial charge in [0.05, 0.1) is 11.3 Å². The highest BCUT2D eigenvalue weighted by Gasteiger charge is 2.10. The number of hydrogen-bond acceptors (Lipinski definition) is 4. The molecule has 0 radical (unpaired) electrons. The lowest BCUT2D eigenvalue weighted by Crippen LogP contribution is -2.15. The molecule has 0 spiro atoms. The second-order valence-corrected chi connectivity index (χ2v) is 6.71. The number of thioether (sulfide) groups is 1. The summed E-state index contributed by atoms with van der Waals surface area (Å²) in [6, 6.07) is 13.9. The molecule has 3 aromatic rings. The Labute approximate surface area is 145 Å². The van der Waals surface area contributed by atoms with Gasteiger partial charge in [-0.25, -0.2) is 9.97 Å². The zero-order valence-corrected chi connectivity index (χ0v) is 14.8. The van der Waals surface area contributed by atoms with Crippen molar-refractivity contribution >= 4 is 34.3 Å². The van der Waals surface area contributed by atoms with E-state index in [-0.39, 0.29) is 5.91 Å². The number of carbonyl (C=O) groups is 1. The summed E-state index contributed by atoms with van der Waals surface area (Å²) in [5, 5.41) is 4.80. The lowest BCUT2D eigenvalue weighted by Gasteiger charge is -2.10. The van der Waals surface area contributed by atoms with E-state index in [0.717, 1.165) is 32.7 Å². The lowest BCUT2D eigenvalue weighted by molar-refractivity contribution is -0.113. The predicted octanol–water partition coefficient (Wildman–Crippen LogP) is 4.29. The van der Waals surface area contributed by atoms with Crippen LogP contribution in [0.15, 0.2) is 47.5 Å². The van der Waals surface area contributed by atoms with Gasteiger partial charge in [0.1, 0.15) is 10.9 Å². The van der Waals surface area contributed by atoms with E-state index in [2.05, 4.69) is 15.3 Å². The molecule has 0 aliphatic heterocycles. The topological polar surface area (TPSA) is 54.9 Å². The summed E-state index contributed by atoms with van der Waals surface area (Å²) in [5.74, 6) is 0.994. The van der Waals surface area contributed by atoms with Crippen molar-refractivity contribution in [1.29, 1.82) is 0 Å². The van der Waals surface area contributed by atoms with Crippen LogP contribution in [0.3, 0.4) is 0 Å². The fourth-order valence-electron chi connectivity index (χ4n) is 2.46. The maximum Gasteiger partial charge on any atom is 0.234 e. The van der Waals surface area contributed by atoms with Crippen LogP contribution in [-0.4, -0.2) is 21.6 Å². The molecule has 0 unspecified atom stereocenters. The first-order valence-corrected chi connectivity index (χ1v) is 8.75. The lowest BCUT2D eigenvalue weighted by atomic mass is 10.1. The molecule has 24 heavy (non-hydrogen) atoms. The van der Waals surface area contributed by atoms with Crippen LogP contribution in [-0.2, 0) is 4.79 Å². The van der Waals surface area contributed by atoms with Gasteiger partial charge >= 0.3 is 0 Å². The van der Waals surface area contributed by atoms with E-state index in [9.17, 15) is 4.79 Å². The Morgan fingerprint density at radius 3 is 2.71 bits per heavy atom. The maximum atomic E-state index is 12.3. The van der Waals surface area contributed by atoms with Gasteiger partial charge in [0.25, 0.3) is 0 Å². The molecule has 1 aromatic heterocycles. The number of amides is 1. The Morgan fingerprint density at radius 1 is 1.08 bits per heavy atom. The Balaban J connectivity index is 1.74. The normalized spacial score (nSPS) is 10.8. The number of anilines is 1. The van der Waals surface area contributed by atoms with Gasteiger partial charge in [-0.3, -0.25) is 4.79 Å². The first kappa shape index (κ1) is 16.5. The van der Waals surface area contributed by atoms with Crippen molar-refractivity contribution in [2.24, 2.45) is 0 Å². The first-order valence-electron chi connectivity index (χ1n) is 7.76. The predicted molar refractivity (Wildman–Crippen MR) is 99.5 cm³/mol. The van der Waals surface area contributed by atoms with Crippen LogP contribution in [0.4, 0.5) is 5.69 Å². The fraction of sp³-hybridized carbons (Fsp3) is 0.211. The van der Waals surface area contributed by atoms with E-state index < -0.39 is 0 Å². The van der Waals surface area contributed by atoms with Crippen LogP contribution in [0, 0.1) is 20.8 Å². The molecule has 5 heteroatoms. The number of aromatic nitrogens is 2. The Kier molecular flexibility index (Phi) is 4.81. The molecule has 0 fully saturated rings. The van der Waals surface area contributed by atoms with Crippen molar-refractivity contribution in [2.45, 2.75) is 25.8 Å². The Bertz CT molecular complexity index is 908. The second kappa shape index (κ2) is 7.01. The van der Waals surface area contributed by atoms with Gasteiger partial charge in [0, 0.05) is 11.1 Å². The highest BCUT2D eigenvalue weighted by atomic mass is 32.2. The second-order valence-electron chi connectivity index (χ2n) is 5.75. The van der Waals surface area contributed by atoms with Crippen LogP contribution in [0.5, 0.6) is 0 Å². The van der Waals surface area contributed by atoms with Crippen molar-refractivity contribution in [1.82, 2.24) is 9.97 Å². The monoisotopic (exact) mass is 337 g/mol. The summed E-state index contributed by atoms with van der Waals surface area (Å²) in [4.78, 5) is 21.2. The van der Waals surface area contributed by atoms with Gasteiger partial charge in [0.2, 0.25) is 5.91 Å². The van der Waals surface area contributed by atoms with E-state index in [1.54, 1.807) is 0 Å². The zero-order chi connectivity index (χ0) is 17.1. The molecule has 0 saturated heterocycles. The molecular weight excluding hydrogens is 318 g/mol. The summed E-state index contributed by atoms with van der Waals surface area (Å²) in [5.41, 5.74) is 3.95. The quantitative estimate of drug-likeness (QED) is 0.570. The summed E-state index contributed by atoms with van der Waals surface area (Å²) in [6.45, 7) is 5.87. The molecule has 2 aromatic carbocycles. The molecule has 0 saturated carbocycles. The van der Waals surface area contributed by atoms with Crippen molar-refractivity contribution in [3.05, 3.63) is 59.4 Å². The molecule has 1 amide bonds. The number of nitrogens with one attached hydrogen (secondary N) is 1. The SMILES string of the molecule is Cc1ccc(C)c(NC(=O)CSc2nc(C)nc3ccccc23)c1. The van der Waals surface area contributed by atoms with Gasteiger partial charge in [-0.05, 0) is 44.0 Å². The largest absolute Gasteiger partial charge is 0.325 e. The van der Waals surface area contributed by atoms with E-state index >= 15 is 0 Å². The Morgan fingerprint density at radius 2 is 1.88 bits per heavy atom. The molecule has 0 atom stereocenters. The summed E-state index contributed by atoms with van der Waals surface area (Å²) < 4.78 is 0. The molecule has 1 N–H and O–H groups in total. The summed E-state index contributed by atoms with van der Waals surface area (Å²) >= 11 is 1.44. The van der Waals surface area contributed by atoms with Gasteiger partial charge in [0.15, 0.2) is 0 Å². The molecule has 0 bridgehead atoms. The van der Waals surface area contributed by atoms with Crippen molar-refractivity contribution < 1.29 is 4.79 Å². The highest BCUT2D eigenvalue weighted by molar-refractivity contribution is 8.00. The van der Waals surface area contributed by atoms with Gasteiger partial charge in [-0.15, -0.1) is 0 Å². The molecule has 0 aliphatic rings. The van der Waals surface area contributed by atoms with Gasteiger partial charge < -0.3 is 5.32 Å². The number of aryl methyl sites for hydroxylation is 3. The van der Waals surface area contributed by atoms with Crippen LogP contribution in [0.25, 0.3) is 10.9 Å². The standard InChI is InChI=1S/C19H19N3OS/c1-12-8-9-13(2)17(10-12)22-18(23)11-24-19-15-6-4-5-7-16(15)20-14(3)21-19/h4-10H,11H2,1-3H3,(H,22,23). The number of carbonyl (C=O) groups excluding carboxylic acids is 1. The van der Waals surface area contributed by atoms with Crippen molar-refractivity contribution in [3.63, 3.8) is 0 Å². The number of hydrogen-bond donors (Lipinski definition) is 1. The van der Waals surface area contributed by atoms with Gasteiger partial charge in [-0.2, -0.15) is 0 Å². The van der Waals surface area contributed by atoms with Crippen molar-refractivity contribution in [2.75, 3.05) is 11.1 Å². The minimum atomic E-state index is -0.0333. The summed E-state index contributed by atoms with van der Waals surface area (Å²) in [7, 11) is 0. The maximum absolute atomic E-state index is 12.3. The van der Waals surface area contributed by atoms with E-state index in [1.807, 2.05) is 63.2 Å². The average molecular weight is 337 g/mol. The average Bonchev–Trinajstić information content (AvgIpc) is 2.56. The number of fused-ring (bicyclic) bond motifs is 1. The fourth-order valence-corrected chi connectivity index (χ4v) is 3.32. The van der Waals surface area contributed by atoms with E-state index in [4.69, 9.17) is 0 Å². The molecule has 4 nitrogen and oxygen atoms in total. The van der Waals surface area contributed by atoms with Crippen LogP contribution in [0.2, 0.25) is 0 Å². The van der Waals surface area contributed by atoms with E-state index in [1.165, 1.54) is 11.8 Å². The zero-order valence-electron chi connectivity index (χ0n) is 14.0. The third-order valence-electron chi connectivity index (χ3n) is 3.69. The highest BCUT2D eigenvalue weighted by Crippen LogP contribution is 2.25. The molecule has 1 heterocycles. The molecule has 0 aliphatic carbocycles. The van der Waals surface area contributed by atoms with E-state index in [0.29, 0.717) is 11.6 Å². The van der Waals surface area contributed by atoms with Crippen LogP contribution < -0.4 is 5.32 Å². The summed E-state index contributed by atoms with van der Waals surface area (Å²) in [6.07, 6.45) is 0. The minimum Gasteiger partial charge on any atom is -0.325 e. The Hall–Kier alpha value is -2.40. The number of nitrogens with zero attached hydrogens (tertiary/aromatic N) is 2.